The average molecular weight is 210 g/mol. The topological polar surface area (TPSA) is 46.3 Å². The van der Waals surface area contributed by atoms with Crippen LogP contribution in [-0.2, 0) is 4.79 Å². The summed E-state index contributed by atoms with van der Waals surface area (Å²) in [5, 5.41) is 0. The van der Waals surface area contributed by atoms with Crippen LogP contribution < -0.4 is 5.73 Å². The number of hydrogen-bond donors (Lipinski definition) is 1. The summed E-state index contributed by atoms with van der Waals surface area (Å²) in [5.74, 6) is 0.627. The third-order valence-corrected chi connectivity index (χ3v) is 4.09. The largest absolute Gasteiger partial charge is 0.343 e. The van der Waals surface area contributed by atoms with Crippen LogP contribution in [0, 0.1) is 5.92 Å². The molecule has 0 aromatic carbocycles. The van der Waals surface area contributed by atoms with Gasteiger partial charge in [0.2, 0.25) is 5.91 Å². The molecule has 2 rings (SSSR count). The third-order valence-electron chi connectivity index (χ3n) is 4.09. The minimum absolute atomic E-state index is 0.260. The van der Waals surface area contributed by atoms with Gasteiger partial charge in [0.15, 0.2) is 0 Å². The smallest absolute Gasteiger partial charge is 0.225 e. The van der Waals surface area contributed by atoms with Crippen LogP contribution in [0.25, 0.3) is 0 Å². The molecule has 3 heteroatoms. The molecule has 0 bridgehead atoms. The van der Waals surface area contributed by atoms with Crippen LogP contribution in [0.2, 0.25) is 0 Å². The van der Waals surface area contributed by atoms with E-state index in [9.17, 15) is 4.79 Å². The number of nitrogens with two attached hydrogens (primary N) is 1. The van der Waals surface area contributed by atoms with Gasteiger partial charge in [-0.25, -0.2) is 0 Å². The molecule has 0 heterocycles. The second-order valence-electron chi connectivity index (χ2n) is 5.15. The van der Waals surface area contributed by atoms with E-state index in [0.29, 0.717) is 18.0 Å². The molecule has 2 saturated carbocycles. The number of nitrogens with zero attached hydrogens (tertiary/aromatic N) is 1. The molecule has 15 heavy (non-hydrogen) atoms. The Kier molecular flexibility index (Phi) is 3.29. The maximum Gasteiger partial charge on any atom is 0.225 e. The summed E-state index contributed by atoms with van der Waals surface area (Å²) in [6.07, 6.45) is 7.73. The molecule has 0 unspecified atom stereocenters. The lowest BCUT2D eigenvalue weighted by molar-refractivity contribution is -0.138. The van der Waals surface area contributed by atoms with Crippen LogP contribution in [-0.4, -0.2) is 29.9 Å². The highest BCUT2D eigenvalue weighted by Crippen LogP contribution is 2.29. The summed E-state index contributed by atoms with van der Waals surface area (Å²) in [7, 11) is 1.97. The summed E-state index contributed by atoms with van der Waals surface area (Å²) in [6.45, 7) is 0. The van der Waals surface area contributed by atoms with E-state index in [1.165, 1.54) is 19.3 Å². The highest BCUT2D eigenvalue weighted by atomic mass is 16.2. The van der Waals surface area contributed by atoms with Gasteiger partial charge >= 0.3 is 0 Å². The maximum absolute atomic E-state index is 12.1. The van der Waals surface area contributed by atoms with Crippen molar-refractivity contribution in [1.29, 1.82) is 0 Å². The second kappa shape index (κ2) is 4.52. The first kappa shape index (κ1) is 10.9. The molecule has 0 spiro atoms. The molecule has 0 aliphatic heterocycles. The van der Waals surface area contributed by atoms with Gasteiger partial charge < -0.3 is 10.6 Å². The van der Waals surface area contributed by atoms with Gasteiger partial charge in [-0.2, -0.15) is 0 Å². The minimum atomic E-state index is 0.260. The van der Waals surface area contributed by atoms with E-state index in [-0.39, 0.29) is 5.92 Å². The maximum atomic E-state index is 12.1. The zero-order valence-electron chi connectivity index (χ0n) is 9.61. The summed E-state index contributed by atoms with van der Waals surface area (Å²) < 4.78 is 0. The van der Waals surface area contributed by atoms with E-state index in [1.807, 2.05) is 11.9 Å². The van der Waals surface area contributed by atoms with Crippen LogP contribution in [0.5, 0.6) is 0 Å². The lowest BCUT2D eigenvalue weighted by atomic mass is 9.84. The Morgan fingerprint density at radius 1 is 1.13 bits per heavy atom. The quantitative estimate of drug-likeness (QED) is 0.751. The fourth-order valence-electron chi connectivity index (χ4n) is 2.61. The molecule has 1 amide bonds. The lowest BCUT2D eigenvalue weighted by Gasteiger charge is -2.38. The van der Waals surface area contributed by atoms with Crippen molar-refractivity contribution >= 4 is 5.91 Å². The van der Waals surface area contributed by atoms with Crippen molar-refractivity contribution in [2.75, 3.05) is 7.05 Å². The molecule has 0 radical (unpaired) electrons. The molecular formula is C12H22N2O. The number of rotatable bonds is 2. The molecule has 0 atom stereocenters. The van der Waals surface area contributed by atoms with Gasteiger partial charge in [-0.05, 0) is 44.9 Å². The molecule has 2 aliphatic carbocycles. The standard InChI is InChI=1S/C12H22N2O/c1-14(11-3-2-4-11)12(15)9-5-7-10(13)8-6-9/h9-11H,2-8,13H2,1H3. The van der Waals surface area contributed by atoms with Gasteiger partial charge in [-0.15, -0.1) is 0 Å². The fourth-order valence-corrected chi connectivity index (χ4v) is 2.61. The van der Waals surface area contributed by atoms with E-state index in [4.69, 9.17) is 5.73 Å². The molecule has 2 fully saturated rings. The molecule has 0 saturated heterocycles. The normalized spacial score (nSPS) is 32.1. The second-order valence-corrected chi connectivity index (χ2v) is 5.15. The first-order valence-corrected chi connectivity index (χ1v) is 6.20. The van der Waals surface area contributed by atoms with E-state index in [1.54, 1.807) is 0 Å². The monoisotopic (exact) mass is 210 g/mol. The number of amides is 1. The lowest BCUT2D eigenvalue weighted by Crippen LogP contribution is -2.45. The van der Waals surface area contributed by atoms with Crippen molar-refractivity contribution < 1.29 is 4.79 Å². The Labute approximate surface area is 92.0 Å². The molecule has 2 aliphatic rings. The van der Waals surface area contributed by atoms with Crippen molar-refractivity contribution in [3.63, 3.8) is 0 Å². The van der Waals surface area contributed by atoms with E-state index < -0.39 is 0 Å². The van der Waals surface area contributed by atoms with Crippen LogP contribution >= 0.6 is 0 Å². The Balaban J connectivity index is 1.84. The fraction of sp³-hybridized carbons (Fsp3) is 0.917. The summed E-state index contributed by atoms with van der Waals surface area (Å²) in [6, 6.07) is 0.871. The van der Waals surface area contributed by atoms with Crippen molar-refractivity contribution in [3.8, 4) is 0 Å². The van der Waals surface area contributed by atoms with Crippen LogP contribution in [0.3, 0.4) is 0 Å². The van der Waals surface area contributed by atoms with Gasteiger partial charge in [0.25, 0.3) is 0 Å². The highest BCUT2D eigenvalue weighted by Gasteiger charge is 2.31. The average Bonchev–Trinajstić information content (AvgIpc) is 2.15. The summed E-state index contributed by atoms with van der Waals surface area (Å²) in [5.41, 5.74) is 5.85. The number of hydrogen-bond acceptors (Lipinski definition) is 2. The number of carbonyl (C=O) groups excluding carboxylic acids is 1. The Hall–Kier alpha value is -0.570. The van der Waals surface area contributed by atoms with Crippen LogP contribution in [0.1, 0.15) is 44.9 Å². The van der Waals surface area contributed by atoms with Gasteiger partial charge in [0.05, 0.1) is 0 Å². The molecule has 0 aromatic rings. The third kappa shape index (κ3) is 2.33. The van der Waals surface area contributed by atoms with Crippen LogP contribution in [0.15, 0.2) is 0 Å². The van der Waals surface area contributed by atoms with Crippen molar-refractivity contribution in [2.45, 2.75) is 57.0 Å². The van der Waals surface area contributed by atoms with Crippen molar-refractivity contribution in [1.82, 2.24) is 4.90 Å². The Morgan fingerprint density at radius 2 is 1.73 bits per heavy atom. The van der Waals surface area contributed by atoms with Gasteiger partial charge in [0, 0.05) is 25.0 Å². The zero-order chi connectivity index (χ0) is 10.8. The van der Waals surface area contributed by atoms with Gasteiger partial charge in [0.1, 0.15) is 0 Å². The molecule has 0 aromatic heterocycles. The predicted octanol–water partition coefficient (Wildman–Crippen LogP) is 1.51. The Morgan fingerprint density at radius 3 is 2.20 bits per heavy atom. The van der Waals surface area contributed by atoms with Gasteiger partial charge in [-0.1, -0.05) is 0 Å². The highest BCUT2D eigenvalue weighted by molar-refractivity contribution is 5.79. The molecule has 2 N–H and O–H groups in total. The van der Waals surface area contributed by atoms with Crippen molar-refractivity contribution in [2.24, 2.45) is 11.7 Å². The molecular weight excluding hydrogens is 188 g/mol. The first-order valence-electron chi connectivity index (χ1n) is 6.20. The van der Waals surface area contributed by atoms with Crippen molar-refractivity contribution in [3.05, 3.63) is 0 Å². The predicted molar refractivity (Wildman–Crippen MR) is 60.3 cm³/mol. The molecule has 86 valence electrons. The van der Waals surface area contributed by atoms with Crippen LogP contribution in [0.4, 0.5) is 0 Å². The zero-order valence-corrected chi connectivity index (χ0v) is 9.61. The summed E-state index contributed by atoms with van der Waals surface area (Å²) in [4.78, 5) is 14.1. The van der Waals surface area contributed by atoms with E-state index >= 15 is 0 Å². The summed E-state index contributed by atoms with van der Waals surface area (Å²) >= 11 is 0. The van der Waals surface area contributed by atoms with E-state index in [2.05, 4.69) is 0 Å². The number of carbonyl (C=O) groups is 1. The van der Waals surface area contributed by atoms with E-state index in [0.717, 1.165) is 25.7 Å². The SMILES string of the molecule is CN(C(=O)C1CCC(N)CC1)C1CCC1. The van der Waals surface area contributed by atoms with Gasteiger partial charge in [-0.3, -0.25) is 4.79 Å². The first-order chi connectivity index (χ1) is 7.18. The Bertz CT molecular complexity index is 230. The molecule has 3 nitrogen and oxygen atoms in total. The minimum Gasteiger partial charge on any atom is -0.343 e.